The average Bonchev–Trinajstić information content (AvgIpc) is 2.80. The molecule has 1 aromatic heterocycles. The second-order valence-corrected chi connectivity index (χ2v) is 5.15. The molecule has 4 nitrogen and oxygen atoms in total. The Morgan fingerprint density at radius 2 is 2.00 bits per heavy atom. The lowest BCUT2D eigenvalue weighted by Gasteiger charge is -2.06. The van der Waals surface area contributed by atoms with Gasteiger partial charge in [-0.2, -0.15) is 5.10 Å². The Balaban J connectivity index is 1.88. The molecule has 2 aromatic rings. The minimum atomic E-state index is 0.331. The fraction of sp³-hybridized carbons (Fsp3) is 0.400. The Hall–Kier alpha value is -1.23. The van der Waals surface area contributed by atoms with Gasteiger partial charge in [-0.05, 0) is 12.1 Å². The standard InChI is InChI=1S/C15H18Cl2N2O2/c1-20-11-14-13(10-16)15(17)19(18-14)8-5-9-21-12-6-3-2-4-7-12/h2-4,6-7H,5,8-11H2,1H3. The van der Waals surface area contributed by atoms with Crippen molar-refractivity contribution in [2.75, 3.05) is 13.7 Å². The van der Waals surface area contributed by atoms with Crippen molar-refractivity contribution < 1.29 is 9.47 Å². The summed E-state index contributed by atoms with van der Waals surface area (Å²) >= 11 is 12.2. The predicted molar refractivity (Wildman–Crippen MR) is 84.1 cm³/mol. The number of aryl methyl sites for hydroxylation is 1. The van der Waals surface area contributed by atoms with Gasteiger partial charge in [0.2, 0.25) is 0 Å². The van der Waals surface area contributed by atoms with E-state index in [-0.39, 0.29) is 0 Å². The lowest BCUT2D eigenvalue weighted by molar-refractivity contribution is 0.180. The molecular formula is C15H18Cl2N2O2. The van der Waals surface area contributed by atoms with Crippen LogP contribution in [0.25, 0.3) is 0 Å². The second-order valence-electron chi connectivity index (χ2n) is 4.52. The van der Waals surface area contributed by atoms with Gasteiger partial charge in [0.25, 0.3) is 0 Å². The highest BCUT2D eigenvalue weighted by molar-refractivity contribution is 6.31. The Morgan fingerprint density at radius 1 is 1.24 bits per heavy atom. The van der Waals surface area contributed by atoms with Gasteiger partial charge < -0.3 is 9.47 Å². The SMILES string of the molecule is COCc1nn(CCCOc2ccccc2)c(Cl)c1CCl. The number of methoxy groups -OCH3 is 1. The summed E-state index contributed by atoms with van der Waals surface area (Å²) in [5, 5.41) is 5.01. The van der Waals surface area contributed by atoms with Crippen LogP contribution in [0.3, 0.4) is 0 Å². The first-order valence-corrected chi connectivity index (χ1v) is 7.64. The number of aromatic nitrogens is 2. The summed E-state index contributed by atoms with van der Waals surface area (Å²) in [6, 6.07) is 9.72. The van der Waals surface area contributed by atoms with Crippen molar-refractivity contribution in [3.05, 3.63) is 46.7 Å². The number of rotatable bonds is 8. The van der Waals surface area contributed by atoms with E-state index in [1.165, 1.54) is 0 Å². The molecule has 0 saturated carbocycles. The zero-order chi connectivity index (χ0) is 15.1. The Labute approximate surface area is 134 Å². The van der Waals surface area contributed by atoms with Crippen molar-refractivity contribution in [2.24, 2.45) is 0 Å². The highest BCUT2D eigenvalue weighted by atomic mass is 35.5. The van der Waals surface area contributed by atoms with Gasteiger partial charge in [-0.15, -0.1) is 11.6 Å². The van der Waals surface area contributed by atoms with Crippen LogP contribution in [0.2, 0.25) is 5.15 Å². The molecule has 114 valence electrons. The molecule has 0 aliphatic carbocycles. The molecule has 0 N–H and O–H groups in total. The lowest BCUT2D eigenvalue weighted by atomic mass is 10.3. The Morgan fingerprint density at radius 3 is 2.67 bits per heavy atom. The minimum Gasteiger partial charge on any atom is -0.494 e. The average molecular weight is 329 g/mol. The van der Waals surface area contributed by atoms with Gasteiger partial charge in [0.05, 0.1) is 24.8 Å². The van der Waals surface area contributed by atoms with Gasteiger partial charge in [0.15, 0.2) is 0 Å². The number of ether oxygens (including phenoxy) is 2. The molecule has 1 heterocycles. The van der Waals surface area contributed by atoms with Crippen molar-refractivity contribution in [2.45, 2.75) is 25.5 Å². The van der Waals surface area contributed by atoms with Crippen molar-refractivity contribution in [3.63, 3.8) is 0 Å². The number of para-hydroxylation sites is 1. The number of benzene rings is 1. The van der Waals surface area contributed by atoms with E-state index < -0.39 is 0 Å². The van der Waals surface area contributed by atoms with Crippen LogP contribution < -0.4 is 4.74 Å². The van der Waals surface area contributed by atoms with Crippen molar-refractivity contribution in [1.82, 2.24) is 9.78 Å². The lowest BCUT2D eigenvalue weighted by Crippen LogP contribution is -2.06. The molecule has 0 unspecified atom stereocenters. The summed E-state index contributed by atoms with van der Waals surface area (Å²) in [4.78, 5) is 0. The summed E-state index contributed by atoms with van der Waals surface area (Å²) in [5.74, 6) is 1.20. The van der Waals surface area contributed by atoms with E-state index in [1.807, 2.05) is 30.3 Å². The Kier molecular flexibility index (Phi) is 6.36. The molecule has 0 bridgehead atoms. The third-order valence-electron chi connectivity index (χ3n) is 3.01. The fourth-order valence-corrected chi connectivity index (χ4v) is 2.63. The van der Waals surface area contributed by atoms with Crippen LogP contribution in [0, 0.1) is 0 Å². The maximum Gasteiger partial charge on any atom is 0.131 e. The van der Waals surface area contributed by atoms with E-state index in [0.717, 1.165) is 23.4 Å². The first kappa shape index (κ1) is 16.1. The number of nitrogens with zero attached hydrogens (tertiary/aromatic N) is 2. The molecule has 0 fully saturated rings. The highest BCUT2D eigenvalue weighted by Crippen LogP contribution is 2.23. The monoisotopic (exact) mass is 328 g/mol. The van der Waals surface area contributed by atoms with Crippen molar-refractivity contribution in [3.8, 4) is 5.75 Å². The molecule has 0 saturated heterocycles. The van der Waals surface area contributed by atoms with Crippen molar-refractivity contribution >= 4 is 23.2 Å². The molecule has 0 aliphatic rings. The van der Waals surface area contributed by atoms with Crippen LogP contribution in [0.4, 0.5) is 0 Å². The third-order valence-corrected chi connectivity index (χ3v) is 3.70. The number of halogens is 2. The van der Waals surface area contributed by atoms with Crippen LogP contribution in [-0.2, 0) is 23.8 Å². The summed E-state index contributed by atoms with van der Waals surface area (Å²) in [5.41, 5.74) is 1.63. The summed E-state index contributed by atoms with van der Waals surface area (Å²) < 4.78 is 12.5. The molecule has 6 heteroatoms. The molecule has 0 spiro atoms. The zero-order valence-electron chi connectivity index (χ0n) is 11.9. The van der Waals surface area contributed by atoms with Gasteiger partial charge in [0, 0.05) is 25.6 Å². The minimum absolute atomic E-state index is 0.331. The summed E-state index contributed by atoms with van der Waals surface area (Å²) in [6.07, 6.45) is 0.810. The number of hydrogen-bond donors (Lipinski definition) is 0. The van der Waals surface area contributed by atoms with E-state index in [1.54, 1.807) is 11.8 Å². The van der Waals surface area contributed by atoms with Gasteiger partial charge >= 0.3 is 0 Å². The van der Waals surface area contributed by atoms with Crippen LogP contribution in [0.5, 0.6) is 5.75 Å². The topological polar surface area (TPSA) is 36.3 Å². The molecule has 0 atom stereocenters. The van der Waals surface area contributed by atoms with Gasteiger partial charge in [-0.1, -0.05) is 29.8 Å². The third kappa shape index (κ3) is 4.37. The molecule has 0 amide bonds. The van der Waals surface area contributed by atoms with Crippen molar-refractivity contribution in [1.29, 1.82) is 0 Å². The van der Waals surface area contributed by atoms with E-state index in [2.05, 4.69) is 5.10 Å². The number of alkyl halides is 1. The predicted octanol–water partition coefficient (Wildman–Crippen LogP) is 3.89. The molecule has 1 aromatic carbocycles. The quantitative estimate of drug-likeness (QED) is 0.544. The largest absolute Gasteiger partial charge is 0.494 e. The number of hydrogen-bond acceptors (Lipinski definition) is 3. The van der Waals surface area contributed by atoms with E-state index >= 15 is 0 Å². The first-order chi connectivity index (χ1) is 10.3. The van der Waals surface area contributed by atoms with Gasteiger partial charge in [0.1, 0.15) is 10.9 Å². The van der Waals surface area contributed by atoms with E-state index in [0.29, 0.717) is 30.8 Å². The molecule has 2 rings (SSSR count). The molecule has 0 aliphatic heterocycles. The van der Waals surface area contributed by atoms with Gasteiger partial charge in [-0.3, -0.25) is 4.68 Å². The van der Waals surface area contributed by atoms with E-state index in [9.17, 15) is 0 Å². The molecule has 21 heavy (non-hydrogen) atoms. The second kappa shape index (κ2) is 8.27. The maximum atomic E-state index is 6.28. The first-order valence-electron chi connectivity index (χ1n) is 6.73. The smallest absolute Gasteiger partial charge is 0.131 e. The summed E-state index contributed by atoms with van der Waals surface area (Å²) in [6.45, 7) is 1.70. The van der Waals surface area contributed by atoms with Crippen LogP contribution in [0.15, 0.2) is 30.3 Å². The molecule has 0 radical (unpaired) electrons. The summed E-state index contributed by atoms with van der Waals surface area (Å²) in [7, 11) is 1.62. The van der Waals surface area contributed by atoms with Crippen LogP contribution >= 0.6 is 23.2 Å². The normalized spacial score (nSPS) is 10.8. The van der Waals surface area contributed by atoms with Crippen LogP contribution in [0.1, 0.15) is 17.7 Å². The van der Waals surface area contributed by atoms with E-state index in [4.69, 9.17) is 32.7 Å². The van der Waals surface area contributed by atoms with Crippen LogP contribution in [-0.4, -0.2) is 23.5 Å². The zero-order valence-corrected chi connectivity index (χ0v) is 13.4. The maximum absolute atomic E-state index is 6.28. The Bertz CT molecular complexity index is 558. The molecular weight excluding hydrogens is 311 g/mol. The highest BCUT2D eigenvalue weighted by Gasteiger charge is 2.15. The van der Waals surface area contributed by atoms with Gasteiger partial charge in [-0.25, -0.2) is 0 Å². The fourth-order valence-electron chi connectivity index (χ4n) is 1.98.